The zero-order valence-corrected chi connectivity index (χ0v) is 26.7. The summed E-state index contributed by atoms with van der Waals surface area (Å²) in [6.07, 6.45) is 13.6. The van der Waals surface area contributed by atoms with Crippen molar-refractivity contribution < 1.29 is 19.1 Å². The standard InChI is InChI=1S/C26H32O4S6/c1-9-29-25(27)19-21(15-11-13-17(31-15)35(3,4)5)33-24-20(26(28)30-10-2)22(34-23(19)24)16-12-14-18(32-16)36(6,7)8/h11-14H,9-10H2,1-8H3. The molecule has 0 saturated carbocycles. The Balaban J connectivity index is 1.99. The predicted molar refractivity (Wildman–Crippen MR) is 165 cm³/mol. The van der Waals surface area contributed by atoms with E-state index in [2.05, 4.69) is 61.8 Å². The van der Waals surface area contributed by atoms with E-state index in [1.165, 1.54) is 31.1 Å². The van der Waals surface area contributed by atoms with E-state index in [1.807, 2.05) is 13.8 Å². The predicted octanol–water partition coefficient (Wildman–Crippen LogP) is 8.88. The highest BCUT2D eigenvalue weighted by Crippen LogP contribution is 2.56. The Morgan fingerprint density at radius 2 is 1.00 bits per heavy atom. The first-order chi connectivity index (χ1) is 16.9. The Kier molecular flexibility index (Phi) is 8.05. The minimum Gasteiger partial charge on any atom is -0.462 e. The maximum absolute atomic E-state index is 13.3. The Hall–Kier alpha value is -1.30. The van der Waals surface area contributed by atoms with E-state index in [4.69, 9.17) is 9.47 Å². The monoisotopic (exact) mass is 600 g/mol. The number of esters is 2. The topological polar surface area (TPSA) is 52.6 Å². The van der Waals surface area contributed by atoms with Crippen LogP contribution in [0.4, 0.5) is 0 Å². The molecule has 4 rings (SSSR count). The van der Waals surface area contributed by atoms with Crippen molar-refractivity contribution in [3.8, 4) is 19.5 Å². The quantitative estimate of drug-likeness (QED) is 0.190. The Morgan fingerprint density at radius 3 is 1.28 bits per heavy atom. The molecule has 0 radical (unpaired) electrons. The first kappa shape index (κ1) is 27.7. The van der Waals surface area contributed by atoms with Gasteiger partial charge < -0.3 is 9.47 Å². The fraction of sp³-hybridized carbons (Fsp3) is 0.385. The third-order valence-corrected chi connectivity index (χ3v) is 16.1. The Labute approximate surface area is 232 Å². The van der Waals surface area contributed by atoms with Gasteiger partial charge in [-0.25, -0.2) is 29.6 Å². The second-order valence-corrected chi connectivity index (χ2v) is 22.6. The first-order valence-corrected chi connectivity index (χ1v) is 20.4. The molecule has 0 unspecified atom stereocenters. The van der Waals surface area contributed by atoms with Crippen LogP contribution in [0.1, 0.15) is 34.6 Å². The molecule has 0 aliphatic rings. The molecule has 0 aromatic carbocycles. The minimum absolute atomic E-state index is 0.295. The number of thiophene rings is 4. The van der Waals surface area contributed by atoms with E-state index < -0.39 is 20.1 Å². The molecule has 0 bridgehead atoms. The number of ether oxygens (including phenoxy) is 2. The van der Waals surface area contributed by atoms with Gasteiger partial charge in [0, 0.05) is 18.2 Å². The number of hydrogen-bond acceptors (Lipinski definition) is 8. The second-order valence-electron chi connectivity index (χ2n) is 9.62. The largest absolute Gasteiger partial charge is 0.462 e. The van der Waals surface area contributed by atoms with E-state index >= 15 is 0 Å². The molecule has 4 nitrogen and oxygen atoms in total. The lowest BCUT2D eigenvalue weighted by atomic mass is 10.2. The van der Waals surface area contributed by atoms with Gasteiger partial charge in [0.2, 0.25) is 0 Å². The van der Waals surface area contributed by atoms with Gasteiger partial charge in [-0.15, -0.1) is 45.3 Å². The number of fused-ring (bicyclic) bond motifs is 1. The van der Waals surface area contributed by atoms with Gasteiger partial charge in [-0.05, 0) is 75.6 Å². The fourth-order valence-corrected chi connectivity index (χ4v) is 11.6. The average Bonchev–Trinajstić information content (AvgIpc) is 3.53. The molecule has 0 amide bonds. The summed E-state index contributed by atoms with van der Waals surface area (Å²) in [6.45, 7) is 4.23. The molecule has 196 valence electrons. The van der Waals surface area contributed by atoms with Crippen LogP contribution in [0, 0.1) is 0 Å². The van der Waals surface area contributed by atoms with Crippen molar-refractivity contribution >= 4 is 86.7 Å². The number of carbonyl (C=O) groups is 2. The van der Waals surface area contributed by atoms with E-state index in [1.54, 1.807) is 22.7 Å². The van der Waals surface area contributed by atoms with E-state index in [0.29, 0.717) is 24.3 Å². The third-order valence-electron chi connectivity index (χ3n) is 5.30. The third kappa shape index (κ3) is 5.31. The van der Waals surface area contributed by atoms with E-state index in [-0.39, 0.29) is 11.9 Å². The van der Waals surface area contributed by atoms with Gasteiger partial charge in [0.1, 0.15) is 0 Å². The van der Waals surface area contributed by atoms with Crippen LogP contribution in [0.25, 0.3) is 28.9 Å². The van der Waals surface area contributed by atoms with Crippen molar-refractivity contribution in [1.82, 2.24) is 0 Å². The molecule has 0 spiro atoms. The zero-order valence-electron chi connectivity index (χ0n) is 21.8. The minimum atomic E-state index is -0.893. The highest BCUT2D eigenvalue weighted by atomic mass is 32.3. The highest BCUT2D eigenvalue weighted by Gasteiger charge is 2.32. The smallest absolute Gasteiger partial charge is 0.341 e. The summed E-state index contributed by atoms with van der Waals surface area (Å²) in [6, 6.07) is 8.52. The zero-order chi connectivity index (χ0) is 26.4. The fourth-order valence-electron chi connectivity index (χ4n) is 3.60. The highest BCUT2D eigenvalue weighted by molar-refractivity contribution is 8.33. The summed E-state index contributed by atoms with van der Waals surface area (Å²) in [5.41, 5.74) is 1.13. The normalized spacial score (nSPS) is 13.2. The summed E-state index contributed by atoms with van der Waals surface area (Å²) >= 11 is 6.45. The molecular formula is C26H32O4S6. The molecular weight excluding hydrogens is 569 g/mol. The van der Waals surface area contributed by atoms with Gasteiger partial charge >= 0.3 is 11.9 Å². The molecule has 4 aromatic heterocycles. The lowest BCUT2D eigenvalue weighted by Crippen LogP contribution is -2.04. The molecule has 10 heteroatoms. The number of rotatable bonds is 8. The molecule has 0 saturated heterocycles. The molecule has 0 N–H and O–H groups in total. The molecule has 36 heavy (non-hydrogen) atoms. The van der Waals surface area contributed by atoms with Crippen LogP contribution < -0.4 is 0 Å². The van der Waals surface area contributed by atoms with Crippen LogP contribution in [0.15, 0.2) is 32.7 Å². The first-order valence-electron chi connectivity index (χ1n) is 11.4. The van der Waals surface area contributed by atoms with Crippen LogP contribution >= 0.6 is 65.4 Å². The van der Waals surface area contributed by atoms with E-state index in [9.17, 15) is 9.59 Å². The van der Waals surface area contributed by atoms with Crippen molar-refractivity contribution in [2.45, 2.75) is 22.3 Å². The van der Waals surface area contributed by atoms with Crippen LogP contribution in [-0.4, -0.2) is 62.7 Å². The van der Waals surface area contributed by atoms with Gasteiger partial charge in [0.25, 0.3) is 0 Å². The number of hydrogen-bond donors (Lipinski definition) is 0. The maximum Gasteiger partial charge on any atom is 0.341 e. The Bertz CT molecular complexity index is 1310. The van der Waals surface area contributed by atoms with Crippen molar-refractivity contribution in [3.63, 3.8) is 0 Å². The molecule has 0 fully saturated rings. The van der Waals surface area contributed by atoms with Gasteiger partial charge in [0.15, 0.2) is 0 Å². The van der Waals surface area contributed by atoms with Gasteiger partial charge in [-0.1, -0.05) is 0 Å². The molecule has 0 aliphatic heterocycles. The van der Waals surface area contributed by atoms with Gasteiger partial charge in [0.05, 0.1) is 43.5 Å². The maximum atomic E-state index is 13.3. The molecule has 4 heterocycles. The van der Waals surface area contributed by atoms with Crippen molar-refractivity contribution in [3.05, 3.63) is 35.4 Å². The second kappa shape index (κ2) is 10.5. The summed E-state index contributed by atoms with van der Waals surface area (Å²) in [7, 11) is -1.79. The summed E-state index contributed by atoms with van der Waals surface area (Å²) in [5, 5.41) is 0. The van der Waals surface area contributed by atoms with E-state index in [0.717, 1.165) is 28.9 Å². The summed E-state index contributed by atoms with van der Waals surface area (Å²) < 4.78 is 15.3. The molecule has 0 atom stereocenters. The SMILES string of the molecule is CCOC(=O)c1c(-c2ccc(S(C)(C)C)s2)sc2c(C(=O)OCC)c(-c3ccc(S(C)(C)C)s3)sc12. The molecule has 4 aromatic rings. The van der Waals surface area contributed by atoms with Gasteiger partial charge in [-0.2, -0.15) is 0 Å². The lowest BCUT2D eigenvalue weighted by molar-refractivity contribution is 0.0519. The summed E-state index contributed by atoms with van der Waals surface area (Å²) in [4.78, 5) is 30.4. The van der Waals surface area contributed by atoms with Crippen LogP contribution in [-0.2, 0) is 9.47 Å². The summed E-state index contributed by atoms with van der Waals surface area (Å²) in [5.74, 6) is -0.683. The van der Waals surface area contributed by atoms with Crippen molar-refractivity contribution in [2.24, 2.45) is 0 Å². The van der Waals surface area contributed by atoms with Crippen LogP contribution in [0.3, 0.4) is 0 Å². The van der Waals surface area contributed by atoms with Crippen LogP contribution in [0.2, 0.25) is 0 Å². The number of carbonyl (C=O) groups excluding carboxylic acids is 2. The molecule has 0 aliphatic carbocycles. The van der Waals surface area contributed by atoms with Crippen molar-refractivity contribution in [2.75, 3.05) is 50.7 Å². The van der Waals surface area contributed by atoms with Crippen LogP contribution in [0.5, 0.6) is 0 Å². The Morgan fingerprint density at radius 1 is 0.639 bits per heavy atom. The average molecular weight is 601 g/mol. The lowest BCUT2D eigenvalue weighted by Gasteiger charge is -2.22. The van der Waals surface area contributed by atoms with Crippen molar-refractivity contribution in [1.29, 1.82) is 0 Å². The van der Waals surface area contributed by atoms with Gasteiger partial charge in [-0.3, -0.25) is 0 Å².